The lowest BCUT2D eigenvalue weighted by Crippen LogP contribution is -2.14. The largest absolute Gasteiger partial charge is 0.289 e. The van der Waals surface area contributed by atoms with E-state index < -0.39 is 0 Å². The lowest BCUT2D eigenvalue weighted by Gasteiger charge is -2.22. The van der Waals surface area contributed by atoms with Crippen LogP contribution in [0.4, 0.5) is 0 Å². The van der Waals surface area contributed by atoms with E-state index >= 15 is 0 Å². The quantitative estimate of drug-likeness (QED) is 0.293. The summed E-state index contributed by atoms with van der Waals surface area (Å²) in [5.41, 5.74) is 6.04. The number of pyridine rings is 1. The highest BCUT2D eigenvalue weighted by atomic mass is 16.1. The van der Waals surface area contributed by atoms with Gasteiger partial charge >= 0.3 is 0 Å². The van der Waals surface area contributed by atoms with Gasteiger partial charge in [0, 0.05) is 23.6 Å². The number of ketones is 1. The molecule has 1 saturated carbocycles. The molecule has 33 heavy (non-hydrogen) atoms. The van der Waals surface area contributed by atoms with E-state index in [9.17, 15) is 4.79 Å². The highest BCUT2D eigenvalue weighted by Gasteiger charge is 2.21. The van der Waals surface area contributed by atoms with Crippen molar-refractivity contribution in [1.29, 1.82) is 0 Å². The summed E-state index contributed by atoms with van der Waals surface area (Å²) in [6, 6.07) is 14.3. The van der Waals surface area contributed by atoms with Crippen LogP contribution in [0.25, 0.3) is 0 Å². The second-order valence-corrected chi connectivity index (χ2v) is 9.86. The number of nitrogens with zero attached hydrogens (tertiary/aromatic N) is 1. The standard InChI is InChI=1S/C31H37NO/c1-23-11-9-14-25(21-23)15-10-18-30-28(19-20-29(32-30)27-16-7-4-8-17-27)31(33)24(2)22-26-12-5-3-6-13-26/h3,5-6,9,11-13,19-21,25,27H,2,4,7-8,10,14-18,22H2,1H3. The highest BCUT2D eigenvalue weighted by Crippen LogP contribution is 2.32. The first-order valence-corrected chi connectivity index (χ1v) is 12.7. The molecule has 1 heterocycles. The van der Waals surface area contributed by atoms with Crippen LogP contribution in [-0.4, -0.2) is 10.8 Å². The van der Waals surface area contributed by atoms with Gasteiger partial charge in [0.25, 0.3) is 0 Å². The van der Waals surface area contributed by atoms with Crippen LogP contribution in [0.15, 0.2) is 78.4 Å². The van der Waals surface area contributed by atoms with Gasteiger partial charge in [-0.05, 0) is 74.6 Å². The molecule has 0 N–H and O–H groups in total. The molecular weight excluding hydrogens is 402 g/mol. The van der Waals surface area contributed by atoms with Crippen molar-refractivity contribution in [2.75, 3.05) is 0 Å². The minimum atomic E-state index is 0.0490. The van der Waals surface area contributed by atoms with Gasteiger partial charge < -0.3 is 0 Å². The smallest absolute Gasteiger partial charge is 0.190 e. The average Bonchev–Trinajstić information content (AvgIpc) is 2.85. The van der Waals surface area contributed by atoms with Crippen molar-refractivity contribution in [2.45, 2.75) is 77.0 Å². The summed E-state index contributed by atoms with van der Waals surface area (Å²) < 4.78 is 0. The number of aromatic nitrogens is 1. The van der Waals surface area contributed by atoms with Crippen LogP contribution < -0.4 is 0 Å². The Morgan fingerprint density at radius 3 is 2.61 bits per heavy atom. The molecule has 1 fully saturated rings. The predicted octanol–water partition coefficient (Wildman–Crippen LogP) is 7.96. The van der Waals surface area contributed by atoms with Gasteiger partial charge in [0.2, 0.25) is 0 Å². The SMILES string of the molecule is C=C(Cc1ccccc1)C(=O)c1ccc(C2CCCCC2)nc1CCCC1C=C(C)C=CC1. The zero-order chi connectivity index (χ0) is 23.0. The van der Waals surface area contributed by atoms with Crippen LogP contribution in [0.3, 0.4) is 0 Å². The van der Waals surface area contributed by atoms with Gasteiger partial charge in [0.1, 0.15) is 0 Å². The van der Waals surface area contributed by atoms with E-state index in [2.05, 4.69) is 49.9 Å². The minimum absolute atomic E-state index is 0.0490. The van der Waals surface area contributed by atoms with Gasteiger partial charge in [-0.1, -0.05) is 80.0 Å². The third kappa shape index (κ3) is 6.41. The number of allylic oxidation sites excluding steroid dienone is 5. The van der Waals surface area contributed by atoms with Crippen molar-refractivity contribution in [3.8, 4) is 0 Å². The fraction of sp³-hybridized carbons (Fsp3) is 0.419. The molecular formula is C31H37NO. The average molecular weight is 440 g/mol. The minimum Gasteiger partial charge on any atom is -0.289 e. The Kier molecular flexibility index (Phi) is 8.10. The fourth-order valence-electron chi connectivity index (χ4n) is 5.31. The van der Waals surface area contributed by atoms with Crippen LogP contribution in [0, 0.1) is 5.92 Å². The van der Waals surface area contributed by atoms with E-state index in [0.717, 1.165) is 42.5 Å². The molecule has 0 aliphatic heterocycles. The summed E-state index contributed by atoms with van der Waals surface area (Å²) in [7, 11) is 0. The van der Waals surface area contributed by atoms with Gasteiger partial charge in [0.15, 0.2) is 5.78 Å². The number of hydrogen-bond donors (Lipinski definition) is 0. The molecule has 0 radical (unpaired) electrons. The molecule has 2 aliphatic carbocycles. The molecule has 1 unspecified atom stereocenters. The summed E-state index contributed by atoms with van der Waals surface area (Å²) in [4.78, 5) is 18.5. The van der Waals surface area contributed by atoms with Crippen molar-refractivity contribution < 1.29 is 4.79 Å². The van der Waals surface area contributed by atoms with E-state index in [0.29, 0.717) is 23.8 Å². The maximum atomic E-state index is 13.4. The second-order valence-electron chi connectivity index (χ2n) is 9.86. The van der Waals surface area contributed by atoms with E-state index in [1.54, 1.807) is 0 Å². The van der Waals surface area contributed by atoms with Crippen LogP contribution in [-0.2, 0) is 12.8 Å². The summed E-state index contributed by atoms with van der Waals surface area (Å²) in [5.74, 6) is 1.19. The molecule has 0 bridgehead atoms. The molecule has 1 aromatic carbocycles. The van der Waals surface area contributed by atoms with E-state index in [1.165, 1.54) is 43.4 Å². The number of benzene rings is 1. The topological polar surface area (TPSA) is 30.0 Å². The lowest BCUT2D eigenvalue weighted by atomic mass is 9.85. The van der Waals surface area contributed by atoms with Crippen LogP contribution in [0.2, 0.25) is 0 Å². The predicted molar refractivity (Wildman–Crippen MR) is 138 cm³/mol. The van der Waals surface area contributed by atoms with Crippen LogP contribution >= 0.6 is 0 Å². The number of rotatable bonds is 9. The van der Waals surface area contributed by atoms with Gasteiger partial charge in [-0.2, -0.15) is 0 Å². The van der Waals surface area contributed by atoms with Crippen LogP contribution in [0.5, 0.6) is 0 Å². The van der Waals surface area contributed by atoms with Gasteiger partial charge in [-0.15, -0.1) is 0 Å². The zero-order valence-corrected chi connectivity index (χ0v) is 20.1. The highest BCUT2D eigenvalue weighted by molar-refractivity contribution is 6.09. The van der Waals surface area contributed by atoms with Gasteiger partial charge in [0.05, 0.1) is 5.69 Å². The lowest BCUT2D eigenvalue weighted by molar-refractivity contribution is 0.103. The Hall–Kier alpha value is -2.74. The number of carbonyl (C=O) groups is 1. The summed E-state index contributed by atoms with van der Waals surface area (Å²) in [6.07, 6.45) is 18.0. The first-order chi connectivity index (χ1) is 16.1. The number of hydrogen-bond acceptors (Lipinski definition) is 2. The zero-order valence-electron chi connectivity index (χ0n) is 20.1. The number of carbonyl (C=O) groups excluding carboxylic acids is 1. The molecule has 2 aromatic rings. The van der Waals surface area contributed by atoms with Crippen molar-refractivity contribution in [3.63, 3.8) is 0 Å². The molecule has 1 aromatic heterocycles. The molecule has 1 atom stereocenters. The van der Waals surface area contributed by atoms with Gasteiger partial charge in [-0.3, -0.25) is 9.78 Å². The fourth-order valence-corrected chi connectivity index (χ4v) is 5.31. The van der Waals surface area contributed by atoms with Crippen molar-refractivity contribution >= 4 is 5.78 Å². The van der Waals surface area contributed by atoms with E-state index in [-0.39, 0.29) is 5.78 Å². The summed E-state index contributed by atoms with van der Waals surface area (Å²) in [6.45, 7) is 6.32. The summed E-state index contributed by atoms with van der Waals surface area (Å²) >= 11 is 0. The second kappa shape index (κ2) is 11.4. The van der Waals surface area contributed by atoms with Crippen molar-refractivity contribution in [2.24, 2.45) is 5.92 Å². The Morgan fingerprint density at radius 2 is 1.85 bits per heavy atom. The molecule has 2 aliphatic rings. The monoisotopic (exact) mass is 439 g/mol. The third-order valence-electron chi connectivity index (χ3n) is 7.15. The number of Topliss-reactive ketones (excluding diaryl/α,β-unsaturated/α-hetero) is 1. The molecule has 4 rings (SSSR count). The Labute approximate surface area is 199 Å². The molecule has 2 nitrogen and oxygen atoms in total. The Morgan fingerprint density at radius 1 is 1.06 bits per heavy atom. The van der Waals surface area contributed by atoms with Crippen molar-refractivity contribution in [1.82, 2.24) is 4.98 Å². The normalized spacial score (nSPS) is 18.7. The summed E-state index contributed by atoms with van der Waals surface area (Å²) in [5, 5.41) is 0. The Bertz CT molecular complexity index is 1020. The molecule has 172 valence electrons. The molecule has 0 amide bonds. The molecule has 0 spiro atoms. The van der Waals surface area contributed by atoms with Crippen LogP contribution in [0.1, 0.15) is 91.5 Å². The van der Waals surface area contributed by atoms with Crippen molar-refractivity contribution in [3.05, 3.63) is 101 Å². The molecule has 0 saturated heterocycles. The molecule has 2 heteroatoms. The maximum Gasteiger partial charge on any atom is 0.190 e. The first kappa shape index (κ1) is 23.4. The Balaban J connectivity index is 1.50. The maximum absolute atomic E-state index is 13.4. The van der Waals surface area contributed by atoms with E-state index in [1.807, 2.05) is 24.3 Å². The van der Waals surface area contributed by atoms with E-state index in [4.69, 9.17) is 4.98 Å². The third-order valence-corrected chi connectivity index (χ3v) is 7.15. The first-order valence-electron chi connectivity index (χ1n) is 12.7. The number of aryl methyl sites for hydroxylation is 1. The van der Waals surface area contributed by atoms with Gasteiger partial charge in [-0.25, -0.2) is 0 Å².